The van der Waals surface area contributed by atoms with Crippen molar-refractivity contribution < 1.29 is 19.1 Å². The third kappa shape index (κ3) is 2.76. The molecule has 26 heavy (non-hydrogen) atoms. The summed E-state index contributed by atoms with van der Waals surface area (Å²) in [6.45, 7) is 5.24. The molecule has 1 aromatic rings. The van der Waals surface area contributed by atoms with Crippen molar-refractivity contribution in [2.75, 3.05) is 0 Å². The average Bonchev–Trinajstić information content (AvgIpc) is 2.90. The molecule has 1 fully saturated rings. The highest BCUT2D eigenvalue weighted by Gasteiger charge is 2.53. The summed E-state index contributed by atoms with van der Waals surface area (Å²) in [7, 11) is 0. The molecular formula is C22H26O4. The van der Waals surface area contributed by atoms with Gasteiger partial charge >= 0.3 is 11.9 Å². The normalized spacial score (nSPS) is 32.0. The van der Waals surface area contributed by atoms with E-state index in [1.54, 1.807) is 0 Å². The van der Waals surface area contributed by atoms with Crippen molar-refractivity contribution >= 4 is 17.5 Å². The van der Waals surface area contributed by atoms with E-state index in [4.69, 9.17) is 9.47 Å². The Bertz CT molecular complexity index is 793. The summed E-state index contributed by atoms with van der Waals surface area (Å²) in [5, 5.41) is 0. The second kappa shape index (κ2) is 6.26. The summed E-state index contributed by atoms with van der Waals surface area (Å²) < 4.78 is 10.9. The molecule has 0 bridgehead atoms. The molecule has 0 saturated heterocycles. The summed E-state index contributed by atoms with van der Waals surface area (Å²) in [6.07, 6.45) is 7.55. The van der Waals surface area contributed by atoms with Gasteiger partial charge in [0.25, 0.3) is 0 Å². The number of aryl methyl sites for hydroxylation is 1. The van der Waals surface area contributed by atoms with Crippen LogP contribution in [0.2, 0.25) is 0 Å². The predicted octanol–water partition coefficient (Wildman–Crippen LogP) is 4.31. The maximum Gasteiger partial charge on any atom is 0.308 e. The Labute approximate surface area is 154 Å². The zero-order valence-corrected chi connectivity index (χ0v) is 15.7. The lowest BCUT2D eigenvalue weighted by molar-refractivity contribution is -0.152. The van der Waals surface area contributed by atoms with Crippen LogP contribution in [0.25, 0.3) is 5.57 Å². The fraction of sp³-hybridized carbons (Fsp3) is 0.545. The first-order valence-electron chi connectivity index (χ1n) is 9.57. The Balaban J connectivity index is 1.65. The quantitative estimate of drug-likeness (QED) is 0.587. The van der Waals surface area contributed by atoms with Crippen molar-refractivity contribution in [3.8, 4) is 5.75 Å². The van der Waals surface area contributed by atoms with Gasteiger partial charge in [0.1, 0.15) is 11.9 Å². The van der Waals surface area contributed by atoms with Crippen LogP contribution >= 0.6 is 0 Å². The van der Waals surface area contributed by atoms with Crippen LogP contribution in [0.4, 0.5) is 0 Å². The third-order valence-corrected chi connectivity index (χ3v) is 6.65. The number of carbonyl (C=O) groups excluding carboxylic acids is 2. The number of fused-ring (bicyclic) bond motifs is 5. The van der Waals surface area contributed by atoms with Crippen LogP contribution in [0.15, 0.2) is 24.3 Å². The maximum absolute atomic E-state index is 11.5. The van der Waals surface area contributed by atoms with Crippen molar-refractivity contribution in [2.24, 2.45) is 17.3 Å². The van der Waals surface area contributed by atoms with Gasteiger partial charge < -0.3 is 9.47 Å². The SMILES string of the molecule is CC(=O)Oc1ccc2c(c1)CC[C@@H]1C2=CC[C@@]2(C)[C@@H]1CC[C@H]2OC(C)=O. The number of hydrogen-bond donors (Lipinski definition) is 0. The van der Waals surface area contributed by atoms with E-state index in [0.717, 1.165) is 32.1 Å². The zero-order valence-electron chi connectivity index (χ0n) is 15.7. The molecule has 3 aliphatic carbocycles. The Morgan fingerprint density at radius 3 is 2.65 bits per heavy atom. The maximum atomic E-state index is 11.5. The van der Waals surface area contributed by atoms with Gasteiger partial charge in [0.15, 0.2) is 0 Å². The number of hydrogen-bond acceptors (Lipinski definition) is 4. The lowest BCUT2D eigenvalue weighted by Gasteiger charge is -2.46. The second-order valence-corrected chi connectivity index (χ2v) is 8.21. The molecule has 4 atom stereocenters. The third-order valence-electron chi connectivity index (χ3n) is 6.65. The summed E-state index contributed by atoms with van der Waals surface area (Å²) in [5.74, 6) is 1.27. The smallest absolute Gasteiger partial charge is 0.308 e. The van der Waals surface area contributed by atoms with E-state index in [-0.39, 0.29) is 23.5 Å². The predicted molar refractivity (Wildman–Crippen MR) is 98.5 cm³/mol. The van der Waals surface area contributed by atoms with E-state index >= 15 is 0 Å². The number of esters is 2. The van der Waals surface area contributed by atoms with Crippen LogP contribution < -0.4 is 4.74 Å². The van der Waals surface area contributed by atoms with Crippen LogP contribution in [0.5, 0.6) is 5.75 Å². The first-order chi connectivity index (χ1) is 12.4. The lowest BCUT2D eigenvalue weighted by Crippen LogP contribution is -2.41. The van der Waals surface area contributed by atoms with Gasteiger partial charge in [0.2, 0.25) is 0 Å². The molecule has 0 radical (unpaired) electrons. The molecule has 0 unspecified atom stereocenters. The Morgan fingerprint density at radius 1 is 1.12 bits per heavy atom. The minimum Gasteiger partial charge on any atom is -0.462 e. The molecule has 3 aliphatic rings. The van der Waals surface area contributed by atoms with E-state index in [1.807, 2.05) is 12.1 Å². The highest BCUT2D eigenvalue weighted by molar-refractivity contribution is 5.75. The van der Waals surface area contributed by atoms with Crippen molar-refractivity contribution in [1.29, 1.82) is 0 Å². The Hall–Kier alpha value is -2.10. The summed E-state index contributed by atoms with van der Waals surface area (Å²) >= 11 is 0. The minimum atomic E-state index is -0.284. The van der Waals surface area contributed by atoms with Crippen molar-refractivity contribution in [3.63, 3.8) is 0 Å². The molecule has 4 heteroatoms. The minimum absolute atomic E-state index is 0.0375. The molecule has 4 rings (SSSR count). The van der Waals surface area contributed by atoms with Gasteiger partial charge in [-0.05, 0) is 72.8 Å². The van der Waals surface area contributed by atoms with Gasteiger partial charge in [0, 0.05) is 19.3 Å². The summed E-state index contributed by atoms with van der Waals surface area (Å²) in [6, 6.07) is 6.01. The Kier molecular flexibility index (Phi) is 4.17. The highest BCUT2D eigenvalue weighted by Crippen LogP contribution is 2.59. The van der Waals surface area contributed by atoms with E-state index in [0.29, 0.717) is 17.6 Å². The summed E-state index contributed by atoms with van der Waals surface area (Å²) in [5.41, 5.74) is 4.06. The van der Waals surface area contributed by atoms with Gasteiger partial charge in [-0.25, -0.2) is 0 Å². The molecule has 1 aromatic carbocycles. The molecule has 0 aromatic heterocycles. The van der Waals surface area contributed by atoms with Gasteiger partial charge in [-0.3, -0.25) is 9.59 Å². The number of allylic oxidation sites excluding steroid dienone is 2. The fourth-order valence-electron chi connectivity index (χ4n) is 5.53. The van der Waals surface area contributed by atoms with Crippen LogP contribution in [0, 0.1) is 17.3 Å². The fourth-order valence-corrected chi connectivity index (χ4v) is 5.53. The van der Waals surface area contributed by atoms with Gasteiger partial charge in [0.05, 0.1) is 0 Å². The molecule has 0 aliphatic heterocycles. The first-order valence-corrected chi connectivity index (χ1v) is 9.57. The largest absolute Gasteiger partial charge is 0.462 e. The molecule has 0 spiro atoms. The van der Waals surface area contributed by atoms with Gasteiger partial charge in [-0.15, -0.1) is 0 Å². The standard InChI is InChI=1S/C22H26O4/c1-13(23)25-16-5-7-17-15(12-16)4-6-19-18(17)10-11-22(3)20(19)8-9-21(22)26-14(2)24/h5,7,10,12,19-21H,4,6,8-9,11H2,1-3H3/t19-,20-,21-,22+/m1/s1. The van der Waals surface area contributed by atoms with Crippen molar-refractivity contribution in [1.82, 2.24) is 0 Å². The van der Waals surface area contributed by atoms with Gasteiger partial charge in [-0.1, -0.05) is 19.1 Å². The summed E-state index contributed by atoms with van der Waals surface area (Å²) in [4.78, 5) is 22.7. The van der Waals surface area contributed by atoms with Crippen LogP contribution in [0.1, 0.15) is 57.6 Å². The van der Waals surface area contributed by atoms with E-state index in [9.17, 15) is 9.59 Å². The molecular weight excluding hydrogens is 328 g/mol. The molecule has 1 saturated carbocycles. The molecule has 0 amide bonds. The van der Waals surface area contributed by atoms with Crippen LogP contribution in [0.3, 0.4) is 0 Å². The van der Waals surface area contributed by atoms with E-state index < -0.39 is 0 Å². The number of rotatable bonds is 2. The van der Waals surface area contributed by atoms with Crippen molar-refractivity contribution in [2.45, 2.75) is 59.0 Å². The highest BCUT2D eigenvalue weighted by atomic mass is 16.5. The Morgan fingerprint density at radius 2 is 1.92 bits per heavy atom. The van der Waals surface area contributed by atoms with E-state index in [1.165, 1.54) is 30.5 Å². The van der Waals surface area contributed by atoms with Crippen LogP contribution in [-0.4, -0.2) is 18.0 Å². The number of benzene rings is 1. The second-order valence-electron chi connectivity index (χ2n) is 8.21. The molecule has 138 valence electrons. The van der Waals surface area contributed by atoms with Gasteiger partial charge in [-0.2, -0.15) is 0 Å². The lowest BCUT2D eigenvalue weighted by atomic mass is 9.60. The number of ether oxygens (including phenoxy) is 2. The van der Waals surface area contributed by atoms with E-state index in [2.05, 4.69) is 19.1 Å². The van der Waals surface area contributed by atoms with Crippen molar-refractivity contribution in [3.05, 3.63) is 35.4 Å². The van der Waals surface area contributed by atoms with Crippen LogP contribution in [-0.2, 0) is 20.7 Å². The number of carbonyl (C=O) groups is 2. The average molecular weight is 354 g/mol. The molecule has 0 N–H and O–H groups in total. The molecule has 0 heterocycles. The zero-order chi connectivity index (χ0) is 18.5. The first kappa shape index (κ1) is 17.3. The monoisotopic (exact) mass is 354 g/mol. The topological polar surface area (TPSA) is 52.6 Å². The molecule has 4 nitrogen and oxygen atoms in total.